The lowest BCUT2D eigenvalue weighted by Gasteiger charge is -2.20. The van der Waals surface area contributed by atoms with E-state index in [2.05, 4.69) is 5.32 Å². The highest BCUT2D eigenvalue weighted by molar-refractivity contribution is 5.78. The molecule has 0 unspecified atom stereocenters. The molecule has 140 valence electrons. The quantitative estimate of drug-likeness (QED) is 0.822. The molecule has 0 bridgehead atoms. The first-order valence-corrected chi connectivity index (χ1v) is 8.46. The van der Waals surface area contributed by atoms with Crippen LogP contribution < -0.4 is 10.2 Å². The molecule has 2 aromatic rings. The number of hydrogen-bond acceptors (Lipinski definition) is 3. The third-order valence-electron chi connectivity index (χ3n) is 4.30. The van der Waals surface area contributed by atoms with Crippen LogP contribution in [0.3, 0.4) is 0 Å². The van der Waals surface area contributed by atoms with Crippen LogP contribution in [-0.2, 0) is 11.3 Å². The summed E-state index contributed by atoms with van der Waals surface area (Å²) in [5, 5.41) is 3.05. The molecule has 6 heteroatoms. The van der Waals surface area contributed by atoms with Crippen LogP contribution in [0, 0.1) is 11.6 Å². The van der Waals surface area contributed by atoms with Gasteiger partial charge in [-0.1, -0.05) is 18.2 Å². The van der Waals surface area contributed by atoms with Crippen LogP contribution in [-0.4, -0.2) is 38.5 Å². The molecule has 0 fully saturated rings. The average molecular weight is 361 g/mol. The highest BCUT2D eigenvalue weighted by Crippen LogP contribution is 2.16. The maximum Gasteiger partial charge on any atom is 0.236 e. The van der Waals surface area contributed by atoms with Crippen LogP contribution in [0.1, 0.15) is 24.1 Å². The molecular weight excluding hydrogens is 336 g/mol. The van der Waals surface area contributed by atoms with Crippen LogP contribution in [0.4, 0.5) is 14.5 Å². The van der Waals surface area contributed by atoms with Gasteiger partial charge >= 0.3 is 0 Å². The van der Waals surface area contributed by atoms with Crippen LogP contribution >= 0.6 is 0 Å². The molecule has 0 aliphatic carbocycles. The van der Waals surface area contributed by atoms with Crippen LogP contribution in [0.15, 0.2) is 42.5 Å². The van der Waals surface area contributed by atoms with E-state index in [9.17, 15) is 13.6 Å². The first-order chi connectivity index (χ1) is 12.3. The van der Waals surface area contributed by atoms with Gasteiger partial charge in [-0.05, 0) is 42.3 Å². The number of rotatable bonds is 7. The van der Waals surface area contributed by atoms with Gasteiger partial charge < -0.3 is 15.1 Å². The highest BCUT2D eigenvalue weighted by Gasteiger charge is 2.13. The van der Waals surface area contributed by atoms with Crippen molar-refractivity contribution in [3.05, 3.63) is 65.2 Å². The maximum absolute atomic E-state index is 13.3. The third-order valence-corrected chi connectivity index (χ3v) is 4.30. The summed E-state index contributed by atoms with van der Waals surface area (Å²) in [6, 6.07) is 11.5. The van der Waals surface area contributed by atoms with E-state index in [1.54, 1.807) is 18.9 Å². The van der Waals surface area contributed by atoms with Crippen molar-refractivity contribution < 1.29 is 13.6 Å². The second-order valence-corrected chi connectivity index (χ2v) is 6.59. The molecule has 1 N–H and O–H groups in total. The van der Waals surface area contributed by atoms with E-state index in [-0.39, 0.29) is 18.5 Å². The Hall–Kier alpha value is -2.47. The van der Waals surface area contributed by atoms with Crippen molar-refractivity contribution in [2.45, 2.75) is 19.5 Å². The van der Waals surface area contributed by atoms with Crippen LogP contribution in [0.5, 0.6) is 0 Å². The molecule has 0 aliphatic rings. The molecule has 0 spiro atoms. The maximum atomic E-state index is 13.3. The van der Waals surface area contributed by atoms with Gasteiger partial charge in [-0.3, -0.25) is 4.79 Å². The number of hydrogen-bond donors (Lipinski definition) is 1. The van der Waals surface area contributed by atoms with Gasteiger partial charge in [0.2, 0.25) is 5.91 Å². The summed E-state index contributed by atoms with van der Waals surface area (Å²) in [5.41, 5.74) is 2.74. The molecule has 2 rings (SSSR count). The number of carbonyl (C=O) groups excluding carboxylic acids is 1. The summed E-state index contributed by atoms with van der Waals surface area (Å²) in [5.74, 6) is -1.84. The number of amides is 1. The van der Waals surface area contributed by atoms with Crippen molar-refractivity contribution >= 4 is 11.6 Å². The summed E-state index contributed by atoms with van der Waals surface area (Å²) < 4.78 is 26.3. The van der Waals surface area contributed by atoms with E-state index in [0.717, 1.165) is 23.4 Å². The Kier molecular flexibility index (Phi) is 6.69. The fourth-order valence-corrected chi connectivity index (χ4v) is 2.54. The van der Waals surface area contributed by atoms with Crippen LogP contribution in [0.25, 0.3) is 0 Å². The molecule has 0 aliphatic heterocycles. The molecule has 0 heterocycles. The van der Waals surface area contributed by atoms with Gasteiger partial charge in [0.05, 0.1) is 6.54 Å². The fourth-order valence-electron chi connectivity index (χ4n) is 2.54. The van der Waals surface area contributed by atoms with E-state index < -0.39 is 11.6 Å². The predicted octanol–water partition coefficient (Wildman–Crippen LogP) is 3.34. The van der Waals surface area contributed by atoms with E-state index >= 15 is 0 Å². The molecule has 0 saturated carbocycles. The Morgan fingerprint density at radius 2 is 1.69 bits per heavy atom. The highest BCUT2D eigenvalue weighted by atomic mass is 19.2. The second-order valence-electron chi connectivity index (χ2n) is 6.59. The summed E-state index contributed by atoms with van der Waals surface area (Å²) >= 11 is 0. The smallest absolute Gasteiger partial charge is 0.236 e. The van der Waals surface area contributed by atoms with Crippen molar-refractivity contribution in [2.75, 3.05) is 32.6 Å². The minimum absolute atomic E-state index is 0.0730. The van der Waals surface area contributed by atoms with E-state index in [1.165, 1.54) is 6.07 Å². The van der Waals surface area contributed by atoms with Crippen molar-refractivity contribution in [3.63, 3.8) is 0 Å². The van der Waals surface area contributed by atoms with Crippen molar-refractivity contribution in [2.24, 2.45) is 0 Å². The summed E-state index contributed by atoms with van der Waals surface area (Å²) in [6.07, 6.45) is 0. The zero-order valence-corrected chi connectivity index (χ0v) is 15.6. The van der Waals surface area contributed by atoms with E-state index in [0.29, 0.717) is 12.1 Å². The Morgan fingerprint density at radius 3 is 2.27 bits per heavy atom. The minimum atomic E-state index is -0.888. The van der Waals surface area contributed by atoms with Gasteiger partial charge in [0.1, 0.15) is 0 Å². The first-order valence-electron chi connectivity index (χ1n) is 8.46. The average Bonchev–Trinajstić information content (AvgIpc) is 2.62. The zero-order valence-electron chi connectivity index (χ0n) is 15.6. The summed E-state index contributed by atoms with van der Waals surface area (Å²) in [7, 11) is 5.70. The zero-order chi connectivity index (χ0) is 19.3. The fraction of sp³-hybridized carbons (Fsp3) is 0.350. The van der Waals surface area contributed by atoms with Gasteiger partial charge in [0.15, 0.2) is 11.6 Å². The van der Waals surface area contributed by atoms with E-state index in [1.807, 2.05) is 43.3 Å². The Labute approximate surface area is 153 Å². The van der Waals surface area contributed by atoms with Gasteiger partial charge in [0.25, 0.3) is 0 Å². The number of nitrogens with zero attached hydrogens (tertiary/aromatic N) is 2. The molecule has 1 amide bonds. The number of anilines is 1. The Bertz CT molecular complexity index is 747. The van der Waals surface area contributed by atoms with Crippen molar-refractivity contribution in [3.8, 4) is 0 Å². The minimum Gasteiger partial charge on any atom is -0.378 e. The van der Waals surface area contributed by atoms with E-state index in [4.69, 9.17) is 0 Å². The van der Waals surface area contributed by atoms with Crippen LogP contribution in [0.2, 0.25) is 0 Å². The molecule has 4 nitrogen and oxygen atoms in total. The summed E-state index contributed by atoms with van der Waals surface area (Å²) in [6.45, 7) is 2.43. The van der Waals surface area contributed by atoms with Gasteiger partial charge in [-0.15, -0.1) is 0 Å². The predicted molar refractivity (Wildman–Crippen MR) is 100 cm³/mol. The van der Waals surface area contributed by atoms with Gasteiger partial charge in [-0.25, -0.2) is 8.78 Å². The van der Waals surface area contributed by atoms with Gasteiger partial charge in [0, 0.05) is 39.4 Å². The normalized spacial score (nSPS) is 11.9. The number of nitrogens with one attached hydrogen (secondary N) is 1. The molecule has 1 atom stereocenters. The number of halogens is 2. The first kappa shape index (κ1) is 19.8. The number of carbonyl (C=O) groups is 1. The number of likely N-dealkylation sites (N-methyl/N-ethyl adjacent to an activating group) is 1. The third kappa shape index (κ3) is 5.26. The molecule has 2 aromatic carbocycles. The lowest BCUT2D eigenvalue weighted by molar-refractivity contribution is -0.129. The molecule has 0 aromatic heterocycles. The summed E-state index contributed by atoms with van der Waals surface area (Å²) in [4.78, 5) is 16.0. The lowest BCUT2D eigenvalue weighted by Crippen LogP contribution is -2.36. The second kappa shape index (κ2) is 8.76. The van der Waals surface area contributed by atoms with Crippen molar-refractivity contribution in [1.82, 2.24) is 10.2 Å². The molecule has 0 saturated heterocycles. The standard InChI is InChI=1S/C20H25F2N3O/c1-14(16-7-10-18(21)19(22)11-16)23-12-20(26)25(4)13-15-5-8-17(9-6-15)24(2)3/h5-11,14,23H,12-13H2,1-4H3/t14-/m1/s1. The number of benzene rings is 2. The Morgan fingerprint density at radius 1 is 1.04 bits per heavy atom. The van der Waals surface area contributed by atoms with Crippen molar-refractivity contribution in [1.29, 1.82) is 0 Å². The lowest BCUT2D eigenvalue weighted by atomic mass is 10.1. The molecule has 26 heavy (non-hydrogen) atoms. The van der Waals surface area contributed by atoms with Gasteiger partial charge in [-0.2, -0.15) is 0 Å². The Balaban J connectivity index is 1.87. The monoisotopic (exact) mass is 361 g/mol. The largest absolute Gasteiger partial charge is 0.378 e. The SMILES string of the molecule is C[C@@H](NCC(=O)N(C)Cc1ccc(N(C)C)cc1)c1ccc(F)c(F)c1. The molecule has 0 radical (unpaired) electrons. The topological polar surface area (TPSA) is 35.6 Å². The molecular formula is C20H25F2N3O.